The maximum absolute atomic E-state index is 14.5. The van der Waals surface area contributed by atoms with Crippen LogP contribution in [0.2, 0.25) is 5.02 Å². The van der Waals surface area contributed by atoms with Gasteiger partial charge in [0, 0.05) is 47.8 Å². The van der Waals surface area contributed by atoms with Crippen LogP contribution in [-0.2, 0) is 14.4 Å². The zero-order valence-corrected chi connectivity index (χ0v) is 22.2. The minimum Gasteiger partial charge on any atom is -0.351 e. The Hall–Kier alpha value is -3.92. The SMILES string of the molecule is Cc1cccnc1N1C(=O)CC[C@H]1C(=O)N(c1cccc(F)c1)[C@H](C(=O)NC1CC(F)(F)C1)c1ccccc1Cl. The van der Waals surface area contributed by atoms with Gasteiger partial charge in [0.1, 0.15) is 23.7 Å². The van der Waals surface area contributed by atoms with E-state index in [4.69, 9.17) is 11.6 Å². The monoisotopic (exact) mass is 570 g/mol. The maximum atomic E-state index is 14.5. The Kier molecular flexibility index (Phi) is 7.55. The van der Waals surface area contributed by atoms with Crippen molar-refractivity contribution in [2.75, 3.05) is 9.80 Å². The van der Waals surface area contributed by atoms with E-state index >= 15 is 0 Å². The van der Waals surface area contributed by atoms with E-state index in [9.17, 15) is 27.6 Å². The van der Waals surface area contributed by atoms with Crippen LogP contribution >= 0.6 is 11.6 Å². The largest absolute Gasteiger partial charge is 0.351 e. The number of hydrogen-bond donors (Lipinski definition) is 1. The molecule has 2 aliphatic rings. The summed E-state index contributed by atoms with van der Waals surface area (Å²) in [5.41, 5.74) is 0.926. The minimum atomic E-state index is -2.89. The number of rotatable bonds is 7. The van der Waals surface area contributed by atoms with Crippen molar-refractivity contribution in [1.29, 1.82) is 0 Å². The van der Waals surface area contributed by atoms with Crippen molar-refractivity contribution in [3.8, 4) is 0 Å². The van der Waals surface area contributed by atoms with Crippen molar-refractivity contribution >= 4 is 40.8 Å². The van der Waals surface area contributed by atoms with Gasteiger partial charge in [-0.2, -0.15) is 0 Å². The highest BCUT2D eigenvalue weighted by atomic mass is 35.5. The van der Waals surface area contributed by atoms with Gasteiger partial charge in [-0.25, -0.2) is 18.2 Å². The van der Waals surface area contributed by atoms with E-state index in [2.05, 4.69) is 10.3 Å². The van der Waals surface area contributed by atoms with Crippen molar-refractivity contribution < 1.29 is 27.6 Å². The molecule has 5 rings (SSSR count). The van der Waals surface area contributed by atoms with Crippen molar-refractivity contribution in [3.05, 3.63) is 88.8 Å². The lowest BCUT2D eigenvalue weighted by Gasteiger charge is -2.39. The highest BCUT2D eigenvalue weighted by Crippen LogP contribution is 2.40. The van der Waals surface area contributed by atoms with Crippen LogP contribution in [0, 0.1) is 12.7 Å². The van der Waals surface area contributed by atoms with E-state index in [0.717, 1.165) is 11.0 Å². The van der Waals surface area contributed by atoms with Crippen LogP contribution in [-0.4, -0.2) is 40.7 Å². The Balaban J connectivity index is 1.61. The number of nitrogens with one attached hydrogen (secondary N) is 1. The summed E-state index contributed by atoms with van der Waals surface area (Å²) in [6, 6.07) is 11.6. The second kappa shape index (κ2) is 10.9. The number of aromatic nitrogens is 1. The summed E-state index contributed by atoms with van der Waals surface area (Å²) in [6.07, 6.45) is 0.625. The molecular weight excluding hydrogens is 545 g/mol. The second-order valence-electron chi connectivity index (χ2n) is 10.0. The van der Waals surface area contributed by atoms with Gasteiger partial charge >= 0.3 is 0 Å². The third-order valence-electron chi connectivity index (χ3n) is 7.17. The first kappa shape index (κ1) is 27.6. The molecule has 1 aliphatic heterocycles. The first-order valence-electron chi connectivity index (χ1n) is 12.8. The molecule has 11 heteroatoms. The summed E-state index contributed by atoms with van der Waals surface area (Å²) in [5, 5.41) is 2.76. The number of carbonyl (C=O) groups excluding carboxylic acids is 3. The molecule has 1 aliphatic carbocycles. The first-order chi connectivity index (χ1) is 19.1. The number of benzene rings is 2. The predicted octanol–water partition coefficient (Wildman–Crippen LogP) is 5.37. The molecule has 7 nitrogen and oxygen atoms in total. The molecule has 1 N–H and O–H groups in total. The summed E-state index contributed by atoms with van der Waals surface area (Å²) in [7, 11) is 0. The van der Waals surface area contributed by atoms with Gasteiger partial charge in [-0.3, -0.25) is 24.2 Å². The Morgan fingerprint density at radius 1 is 1.12 bits per heavy atom. The molecule has 0 radical (unpaired) electrons. The molecule has 2 heterocycles. The molecule has 1 saturated carbocycles. The molecule has 2 fully saturated rings. The van der Waals surface area contributed by atoms with E-state index in [0.29, 0.717) is 11.4 Å². The lowest BCUT2D eigenvalue weighted by atomic mass is 9.87. The fraction of sp³-hybridized carbons (Fsp3) is 0.310. The van der Waals surface area contributed by atoms with E-state index < -0.39 is 54.5 Å². The number of alkyl halides is 2. The molecule has 1 aromatic heterocycles. The Morgan fingerprint density at radius 2 is 1.88 bits per heavy atom. The second-order valence-corrected chi connectivity index (χ2v) is 10.5. The van der Waals surface area contributed by atoms with Crippen molar-refractivity contribution in [3.63, 3.8) is 0 Å². The van der Waals surface area contributed by atoms with Crippen LogP contribution in [0.1, 0.15) is 42.9 Å². The van der Waals surface area contributed by atoms with Gasteiger partial charge in [0.25, 0.3) is 11.8 Å². The van der Waals surface area contributed by atoms with Crippen LogP contribution in [0.4, 0.5) is 24.7 Å². The van der Waals surface area contributed by atoms with Crippen LogP contribution in [0.25, 0.3) is 0 Å². The van der Waals surface area contributed by atoms with Gasteiger partial charge in [0.15, 0.2) is 0 Å². The Bertz CT molecular complexity index is 1460. The quantitative estimate of drug-likeness (QED) is 0.414. The van der Waals surface area contributed by atoms with E-state index in [1.807, 2.05) is 0 Å². The molecule has 2 aromatic carbocycles. The molecule has 0 spiro atoms. The molecule has 3 aromatic rings. The molecule has 40 heavy (non-hydrogen) atoms. The highest BCUT2D eigenvalue weighted by molar-refractivity contribution is 6.31. The number of amides is 3. The third kappa shape index (κ3) is 5.40. The number of nitrogens with zero attached hydrogens (tertiary/aromatic N) is 3. The molecule has 1 saturated heterocycles. The van der Waals surface area contributed by atoms with Gasteiger partial charge in [0.2, 0.25) is 11.8 Å². The van der Waals surface area contributed by atoms with Gasteiger partial charge in [-0.1, -0.05) is 41.9 Å². The fourth-order valence-electron chi connectivity index (χ4n) is 5.24. The average Bonchev–Trinajstić information content (AvgIpc) is 3.27. The summed E-state index contributed by atoms with van der Waals surface area (Å²) in [6.45, 7) is 1.76. The topological polar surface area (TPSA) is 82.6 Å². The smallest absolute Gasteiger partial charge is 0.252 e. The molecule has 3 amide bonds. The number of carbonyl (C=O) groups is 3. The summed E-state index contributed by atoms with van der Waals surface area (Å²) < 4.78 is 41.7. The molecule has 0 bridgehead atoms. The highest BCUT2D eigenvalue weighted by Gasteiger charge is 2.48. The number of halogens is 4. The van der Waals surface area contributed by atoms with Crippen LogP contribution < -0.4 is 15.1 Å². The van der Waals surface area contributed by atoms with E-state index in [-0.39, 0.29) is 35.0 Å². The number of pyridine rings is 1. The summed E-state index contributed by atoms with van der Waals surface area (Å²) in [5.74, 6) is -4.99. The predicted molar refractivity (Wildman–Crippen MR) is 144 cm³/mol. The molecular formula is C29H26ClF3N4O3. The van der Waals surface area contributed by atoms with Crippen molar-refractivity contribution in [2.24, 2.45) is 0 Å². The fourth-order valence-corrected chi connectivity index (χ4v) is 5.48. The standard InChI is InChI=1S/C29H26ClF3N4O3/c1-17-6-5-13-34-26(17)37-23(11-12-24(37)38)28(40)36(20-8-4-7-18(31)14-20)25(21-9-2-3-10-22(21)30)27(39)35-19-15-29(32,33)16-19/h2-10,13-14,19,23,25H,11-12,15-16H2,1H3,(H,35,39)/t23-,25-/m0/s1. The molecule has 208 valence electrons. The van der Waals surface area contributed by atoms with E-state index in [1.165, 1.54) is 35.4 Å². The molecule has 2 atom stereocenters. The van der Waals surface area contributed by atoms with Crippen molar-refractivity contribution in [1.82, 2.24) is 10.3 Å². The first-order valence-corrected chi connectivity index (χ1v) is 13.2. The van der Waals surface area contributed by atoms with Crippen LogP contribution in [0.3, 0.4) is 0 Å². The number of hydrogen-bond acceptors (Lipinski definition) is 4. The Labute approximate surface area is 233 Å². The minimum absolute atomic E-state index is 0.0426. The number of anilines is 2. The number of aryl methyl sites for hydroxylation is 1. The lowest BCUT2D eigenvalue weighted by molar-refractivity contribution is -0.133. The lowest BCUT2D eigenvalue weighted by Crippen LogP contribution is -2.56. The van der Waals surface area contributed by atoms with Gasteiger partial charge < -0.3 is 5.32 Å². The van der Waals surface area contributed by atoms with Crippen molar-refractivity contribution in [2.45, 2.75) is 56.7 Å². The average molecular weight is 571 g/mol. The maximum Gasteiger partial charge on any atom is 0.252 e. The van der Waals surface area contributed by atoms with E-state index in [1.54, 1.807) is 37.3 Å². The van der Waals surface area contributed by atoms with Gasteiger partial charge in [-0.05, 0) is 49.2 Å². The third-order valence-corrected chi connectivity index (χ3v) is 7.52. The van der Waals surface area contributed by atoms with Crippen LogP contribution in [0.5, 0.6) is 0 Å². The zero-order chi connectivity index (χ0) is 28.6. The summed E-state index contributed by atoms with van der Waals surface area (Å²) in [4.78, 5) is 48.0. The Morgan fingerprint density at radius 3 is 2.55 bits per heavy atom. The van der Waals surface area contributed by atoms with Gasteiger partial charge in [0.05, 0.1) is 0 Å². The zero-order valence-electron chi connectivity index (χ0n) is 21.5. The molecule has 0 unspecified atom stereocenters. The normalized spacial score (nSPS) is 19.2. The van der Waals surface area contributed by atoms with Gasteiger partial charge in [-0.15, -0.1) is 0 Å². The summed E-state index contributed by atoms with van der Waals surface area (Å²) >= 11 is 6.50. The van der Waals surface area contributed by atoms with Crippen LogP contribution in [0.15, 0.2) is 66.9 Å².